The van der Waals surface area contributed by atoms with Gasteiger partial charge in [-0.3, -0.25) is 9.59 Å². The second-order valence-corrected chi connectivity index (χ2v) is 8.59. The average molecular weight is 475 g/mol. The fraction of sp³-hybridized carbons (Fsp3) is 0.200. The summed E-state index contributed by atoms with van der Waals surface area (Å²) in [5.74, 6) is -1.04. The number of thiazole rings is 1. The van der Waals surface area contributed by atoms with Gasteiger partial charge in [-0.1, -0.05) is 11.3 Å². The van der Waals surface area contributed by atoms with Crippen LogP contribution in [0.2, 0.25) is 0 Å². The van der Waals surface area contributed by atoms with Gasteiger partial charge in [-0.2, -0.15) is 0 Å². The van der Waals surface area contributed by atoms with Crippen LogP contribution in [0.25, 0.3) is 6.08 Å². The standard InChI is InChI=1S/C19H16N4O5S2.CH2O/c1-28-10-4-5-13(12(6-10)17(26)27)21-19-23-16(25)14(30-19)7-11-8-20-18(29-11)22-15(24)9-2-3-9;1-2/h4-9H,2-3H2,1H3,(H,26,27)(H,20,22,24)(H,21,23,25);1H2/b14-7-;. The number of carboxylic acids is 1. The number of carboxylic acid groups (broad SMARTS) is 1. The van der Waals surface area contributed by atoms with Gasteiger partial charge in [0.15, 0.2) is 10.3 Å². The molecular formula is C20H18N4O6S2. The molecule has 32 heavy (non-hydrogen) atoms. The number of anilines is 1. The molecule has 0 radical (unpaired) electrons. The Kier molecular flexibility index (Phi) is 7.38. The highest BCUT2D eigenvalue weighted by Gasteiger charge is 2.30. The van der Waals surface area contributed by atoms with Crippen LogP contribution in [-0.2, 0) is 14.4 Å². The van der Waals surface area contributed by atoms with Crippen molar-refractivity contribution in [3.8, 4) is 5.75 Å². The number of aromatic nitrogens is 1. The molecule has 12 heteroatoms. The van der Waals surface area contributed by atoms with Crippen molar-refractivity contribution in [3.63, 3.8) is 0 Å². The molecule has 0 atom stereocenters. The van der Waals surface area contributed by atoms with Gasteiger partial charge >= 0.3 is 5.97 Å². The molecule has 1 saturated heterocycles. The number of nitrogens with one attached hydrogen (secondary N) is 2. The first-order valence-corrected chi connectivity index (χ1v) is 10.8. The van der Waals surface area contributed by atoms with Gasteiger partial charge in [-0.25, -0.2) is 14.8 Å². The van der Waals surface area contributed by atoms with E-state index in [-0.39, 0.29) is 34.2 Å². The summed E-state index contributed by atoms with van der Waals surface area (Å²) in [5.41, 5.74) is 0.169. The maximum atomic E-state index is 12.3. The number of rotatable bonds is 6. The molecule has 0 unspecified atom stereocenters. The Morgan fingerprint density at radius 2 is 2.12 bits per heavy atom. The molecule has 0 spiro atoms. The Hall–Kier alpha value is -3.51. The lowest BCUT2D eigenvalue weighted by Crippen LogP contribution is -2.19. The van der Waals surface area contributed by atoms with E-state index in [1.54, 1.807) is 18.3 Å². The van der Waals surface area contributed by atoms with Gasteiger partial charge < -0.3 is 25.3 Å². The van der Waals surface area contributed by atoms with E-state index in [4.69, 9.17) is 9.53 Å². The number of amidine groups is 1. The van der Waals surface area contributed by atoms with Crippen molar-refractivity contribution in [2.24, 2.45) is 10.9 Å². The predicted octanol–water partition coefficient (Wildman–Crippen LogP) is 2.91. The number of hydrogen-bond acceptors (Lipinski definition) is 9. The van der Waals surface area contributed by atoms with E-state index in [1.807, 2.05) is 6.79 Å². The summed E-state index contributed by atoms with van der Waals surface area (Å²) in [5, 5.41) is 15.5. The number of aromatic carboxylic acids is 1. The SMILES string of the molecule is C=O.COc1ccc(N=C2NC(=O)/C(=C/c3cnc(NC(=O)C4CC4)s3)S2)c(C(=O)O)c1. The Balaban J connectivity index is 0.00000141. The van der Waals surface area contributed by atoms with E-state index in [9.17, 15) is 19.5 Å². The molecule has 1 aromatic carbocycles. The van der Waals surface area contributed by atoms with Crippen LogP contribution in [-0.4, -0.2) is 46.9 Å². The maximum absolute atomic E-state index is 12.3. The van der Waals surface area contributed by atoms with Crippen LogP contribution in [0, 0.1) is 5.92 Å². The van der Waals surface area contributed by atoms with E-state index in [2.05, 4.69) is 20.6 Å². The van der Waals surface area contributed by atoms with Crippen molar-refractivity contribution < 1.29 is 29.0 Å². The van der Waals surface area contributed by atoms with Crippen LogP contribution in [0.4, 0.5) is 10.8 Å². The molecule has 2 fully saturated rings. The minimum absolute atomic E-state index is 0.0281. The molecule has 10 nitrogen and oxygen atoms in total. The second kappa shape index (κ2) is 10.2. The lowest BCUT2D eigenvalue weighted by atomic mass is 10.1. The zero-order chi connectivity index (χ0) is 23.3. The molecule has 1 aliphatic heterocycles. The van der Waals surface area contributed by atoms with Crippen LogP contribution in [0.15, 0.2) is 34.3 Å². The number of methoxy groups -OCH3 is 1. The van der Waals surface area contributed by atoms with Crippen molar-refractivity contribution in [1.82, 2.24) is 10.3 Å². The van der Waals surface area contributed by atoms with Gasteiger partial charge in [0.1, 0.15) is 12.5 Å². The summed E-state index contributed by atoms with van der Waals surface area (Å²) in [6.45, 7) is 2.00. The molecule has 2 aromatic rings. The van der Waals surface area contributed by atoms with Crippen molar-refractivity contribution in [3.05, 3.63) is 39.7 Å². The predicted molar refractivity (Wildman–Crippen MR) is 121 cm³/mol. The fourth-order valence-corrected chi connectivity index (χ4v) is 4.26. The molecule has 2 aliphatic rings. The van der Waals surface area contributed by atoms with Gasteiger partial charge in [-0.05, 0) is 48.9 Å². The van der Waals surface area contributed by atoms with Gasteiger partial charge in [0.2, 0.25) is 5.91 Å². The monoisotopic (exact) mass is 474 g/mol. The Morgan fingerprint density at radius 1 is 1.38 bits per heavy atom. The topological polar surface area (TPSA) is 147 Å². The van der Waals surface area contributed by atoms with Crippen LogP contribution < -0.4 is 15.4 Å². The summed E-state index contributed by atoms with van der Waals surface area (Å²) < 4.78 is 5.05. The lowest BCUT2D eigenvalue weighted by Gasteiger charge is -2.05. The van der Waals surface area contributed by atoms with Gasteiger partial charge in [0, 0.05) is 12.1 Å². The Morgan fingerprint density at radius 3 is 2.78 bits per heavy atom. The van der Waals surface area contributed by atoms with Crippen LogP contribution in [0.1, 0.15) is 28.1 Å². The van der Waals surface area contributed by atoms with Crippen LogP contribution in [0.3, 0.4) is 0 Å². The van der Waals surface area contributed by atoms with Crippen molar-refractivity contribution >= 4 is 69.7 Å². The highest BCUT2D eigenvalue weighted by molar-refractivity contribution is 8.18. The average Bonchev–Trinajstić information content (AvgIpc) is 3.47. The third kappa shape index (κ3) is 5.59. The third-order valence-corrected chi connectivity index (χ3v) is 6.05. The largest absolute Gasteiger partial charge is 0.497 e. The van der Waals surface area contributed by atoms with Crippen molar-refractivity contribution in [2.45, 2.75) is 12.8 Å². The van der Waals surface area contributed by atoms with Gasteiger partial charge in [-0.15, -0.1) is 0 Å². The molecular weight excluding hydrogens is 456 g/mol. The molecule has 4 rings (SSSR count). The molecule has 1 aliphatic carbocycles. The minimum Gasteiger partial charge on any atom is -0.497 e. The molecule has 3 N–H and O–H groups in total. The van der Waals surface area contributed by atoms with Crippen molar-refractivity contribution in [1.29, 1.82) is 0 Å². The Bertz CT molecular complexity index is 1120. The molecule has 1 saturated carbocycles. The third-order valence-electron chi connectivity index (χ3n) is 4.28. The molecule has 0 bridgehead atoms. The number of aliphatic imine (C=N–C) groups is 1. The number of nitrogens with zero attached hydrogens (tertiary/aromatic N) is 2. The molecule has 2 amide bonds. The maximum Gasteiger partial charge on any atom is 0.338 e. The van der Waals surface area contributed by atoms with Crippen LogP contribution in [0.5, 0.6) is 5.75 Å². The number of amides is 2. The van der Waals surface area contributed by atoms with Gasteiger partial charge in [0.05, 0.1) is 28.1 Å². The highest BCUT2D eigenvalue weighted by Crippen LogP contribution is 2.33. The highest BCUT2D eigenvalue weighted by atomic mass is 32.2. The molecule has 1 aromatic heterocycles. The first-order valence-electron chi connectivity index (χ1n) is 9.19. The summed E-state index contributed by atoms with van der Waals surface area (Å²) >= 11 is 2.36. The first-order chi connectivity index (χ1) is 15.4. The van der Waals surface area contributed by atoms with E-state index in [0.717, 1.165) is 24.6 Å². The Labute approximate surface area is 190 Å². The zero-order valence-electron chi connectivity index (χ0n) is 16.8. The summed E-state index contributed by atoms with van der Waals surface area (Å²) in [4.78, 5) is 53.1. The van der Waals surface area contributed by atoms with E-state index < -0.39 is 5.97 Å². The van der Waals surface area contributed by atoms with E-state index in [0.29, 0.717) is 20.7 Å². The quantitative estimate of drug-likeness (QED) is 0.542. The summed E-state index contributed by atoms with van der Waals surface area (Å²) in [7, 11) is 1.44. The summed E-state index contributed by atoms with van der Waals surface area (Å²) in [6.07, 6.45) is 5.05. The second-order valence-electron chi connectivity index (χ2n) is 6.50. The number of carbonyl (C=O) groups excluding carboxylic acids is 3. The number of thioether (sulfide) groups is 1. The number of benzene rings is 1. The molecule has 166 valence electrons. The van der Waals surface area contributed by atoms with E-state index >= 15 is 0 Å². The van der Waals surface area contributed by atoms with E-state index in [1.165, 1.54) is 30.6 Å². The smallest absolute Gasteiger partial charge is 0.338 e. The number of carbonyl (C=O) groups is 4. The zero-order valence-corrected chi connectivity index (χ0v) is 18.4. The summed E-state index contributed by atoms with van der Waals surface area (Å²) in [6, 6.07) is 4.48. The lowest BCUT2D eigenvalue weighted by molar-refractivity contribution is -0.117. The number of hydrogen-bond donors (Lipinski definition) is 3. The van der Waals surface area contributed by atoms with Crippen molar-refractivity contribution in [2.75, 3.05) is 12.4 Å². The minimum atomic E-state index is -1.15. The normalized spacial score (nSPS) is 17.5. The fourth-order valence-electron chi connectivity index (χ4n) is 2.59. The molecule has 2 heterocycles. The van der Waals surface area contributed by atoms with Gasteiger partial charge in [0.25, 0.3) is 5.91 Å². The first kappa shape index (κ1) is 23.2. The number of ether oxygens (including phenoxy) is 1. The van der Waals surface area contributed by atoms with Crippen LogP contribution >= 0.6 is 23.1 Å².